The second-order valence-corrected chi connectivity index (χ2v) is 6.22. The van der Waals surface area contributed by atoms with Crippen molar-refractivity contribution < 1.29 is 14.3 Å². The monoisotopic (exact) mass is 461 g/mol. The van der Waals surface area contributed by atoms with Gasteiger partial charge in [-0.05, 0) is 52.9 Å². The fourth-order valence-corrected chi connectivity index (χ4v) is 2.71. The second kappa shape index (κ2) is 7.13. The molecule has 0 aromatic heterocycles. The normalized spacial score (nSPS) is 10.1. The van der Waals surface area contributed by atoms with Crippen molar-refractivity contribution in [3.8, 4) is 11.5 Å². The minimum Gasteiger partial charge on any atom is -0.497 e. The molecule has 21 heavy (non-hydrogen) atoms. The summed E-state index contributed by atoms with van der Waals surface area (Å²) in [4.78, 5) is 12.4. The molecular weight excluding hydrogens is 449 g/mol. The van der Waals surface area contributed by atoms with Crippen LogP contribution in [0, 0.1) is 3.57 Å². The van der Waals surface area contributed by atoms with Gasteiger partial charge in [-0.1, -0.05) is 15.9 Å². The molecule has 1 N–H and O–H groups in total. The SMILES string of the molecule is COc1ccc(OC)c(NC(=O)c2cc(Br)ccc2I)c1. The van der Waals surface area contributed by atoms with E-state index in [0.717, 1.165) is 8.04 Å². The average molecular weight is 462 g/mol. The van der Waals surface area contributed by atoms with Crippen LogP contribution in [0.4, 0.5) is 5.69 Å². The summed E-state index contributed by atoms with van der Waals surface area (Å²) in [6.07, 6.45) is 0. The minimum atomic E-state index is -0.202. The predicted octanol–water partition coefficient (Wildman–Crippen LogP) is 4.32. The van der Waals surface area contributed by atoms with E-state index in [4.69, 9.17) is 9.47 Å². The highest BCUT2D eigenvalue weighted by atomic mass is 127. The summed E-state index contributed by atoms with van der Waals surface area (Å²) < 4.78 is 12.1. The van der Waals surface area contributed by atoms with E-state index >= 15 is 0 Å². The van der Waals surface area contributed by atoms with Crippen molar-refractivity contribution in [1.82, 2.24) is 0 Å². The van der Waals surface area contributed by atoms with Gasteiger partial charge in [0, 0.05) is 14.1 Å². The third-order valence-electron chi connectivity index (χ3n) is 2.83. The first kappa shape index (κ1) is 16.1. The third kappa shape index (κ3) is 3.88. The molecule has 0 aliphatic carbocycles. The highest BCUT2D eigenvalue weighted by Crippen LogP contribution is 2.30. The Hall–Kier alpha value is -1.28. The fraction of sp³-hybridized carbons (Fsp3) is 0.133. The van der Waals surface area contributed by atoms with Gasteiger partial charge in [-0.15, -0.1) is 0 Å². The predicted molar refractivity (Wildman–Crippen MR) is 94.4 cm³/mol. The number of rotatable bonds is 4. The molecule has 6 heteroatoms. The van der Waals surface area contributed by atoms with Gasteiger partial charge in [-0.3, -0.25) is 4.79 Å². The number of halogens is 2. The molecule has 0 fully saturated rings. The fourth-order valence-electron chi connectivity index (χ4n) is 1.77. The van der Waals surface area contributed by atoms with Crippen LogP contribution in [0.25, 0.3) is 0 Å². The van der Waals surface area contributed by atoms with Gasteiger partial charge in [0.15, 0.2) is 0 Å². The maximum atomic E-state index is 12.4. The molecule has 0 bridgehead atoms. The van der Waals surface area contributed by atoms with Crippen LogP contribution in [0.1, 0.15) is 10.4 Å². The second-order valence-electron chi connectivity index (χ2n) is 4.14. The maximum Gasteiger partial charge on any atom is 0.256 e. The number of hydrogen-bond acceptors (Lipinski definition) is 3. The third-order valence-corrected chi connectivity index (χ3v) is 4.26. The summed E-state index contributed by atoms with van der Waals surface area (Å²) in [5.74, 6) is 1.02. The number of amides is 1. The summed E-state index contributed by atoms with van der Waals surface area (Å²) in [6, 6.07) is 10.8. The van der Waals surface area contributed by atoms with Crippen molar-refractivity contribution in [2.75, 3.05) is 19.5 Å². The molecule has 0 aliphatic heterocycles. The van der Waals surface area contributed by atoms with Crippen molar-refractivity contribution in [2.24, 2.45) is 0 Å². The molecule has 0 heterocycles. The number of ether oxygens (including phenoxy) is 2. The van der Waals surface area contributed by atoms with Crippen molar-refractivity contribution >= 4 is 50.1 Å². The van der Waals surface area contributed by atoms with Crippen LogP contribution in [-0.2, 0) is 0 Å². The Kier molecular flexibility index (Phi) is 5.46. The molecule has 4 nitrogen and oxygen atoms in total. The molecule has 0 saturated carbocycles. The number of methoxy groups -OCH3 is 2. The van der Waals surface area contributed by atoms with Gasteiger partial charge in [0.25, 0.3) is 5.91 Å². The number of carbonyl (C=O) groups excluding carboxylic acids is 1. The van der Waals surface area contributed by atoms with Crippen molar-refractivity contribution in [1.29, 1.82) is 0 Å². The van der Waals surface area contributed by atoms with E-state index in [9.17, 15) is 4.79 Å². The van der Waals surface area contributed by atoms with E-state index in [2.05, 4.69) is 43.8 Å². The summed E-state index contributed by atoms with van der Waals surface area (Å²) in [7, 11) is 3.13. The van der Waals surface area contributed by atoms with Crippen LogP contribution >= 0.6 is 38.5 Å². The first-order chi connectivity index (χ1) is 10.0. The lowest BCUT2D eigenvalue weighted by Crippen LogP contribution is -2.14. The Morgan fingerprint density at radius 1 is 1.14 bits per heavy atom. The molecule has 2 aromatic rings. The van der Waals surface area contributed by atoms with E-state index in [1.54, 1.807) is 38.5 Å². The average Bonchev–Trinajstić information content (AvgIpc) is 2.49. The van der Waals surface area contributed by atoms with Gasteiger partial charge < -0.3 is 14.8 Å². The molecule has 2 aromatic carbocycles. The number of nitrogens with one attached hydrogen (secondary N) is 1. The lowest BCUT2D eigenvalue weighted by atomic mass is 10.2. The van der Waals surface area contributed by atoms with E-state index in [-0.39, 0.29) is 5.91 Å². The Balaban J connectivity index is 2.32. The van der Waals surface area contributed by atoms with Gasteiger partial charge >= 0.3 is 0 Å². The van der Waals surface area contributed by atoms with Gasteiger partial charge in [-0.2, -0.15) is 0 Å². The van der Waals surface area contributed by atoms with Crippen LogP contribution in [0.5, 0.6) is 11.5 Å². The van der Waals surface area contributed by atoms with Crippen LogP contribution < -0.4 is 14.8 Å². The Bertz CT molecular complexity index is 676. The molecule has 110 valence electrons. The first-order valence-electron chi connectivity index (χ1n) is 6.03. The highest BCUT2D eigenvalue weighted by molar-refractivity contribution is 14.1. The van der Waals surface area contributed by atoms with E-state index in [1.807, 2.05) is 12.1 Å². The quantitative estimate of drug-likeness (QED) is 0.689. The number of carbonyl (C=O) groups is 1. The Morgan fingerprint density at radius 2 is 1.90 bits per heavy atom. The van der Waals surface area contributed by atoms with Gasteiger partial charge in [0.1, 0.15) is 11.5 Å². The lowest BCUT2D eigenvalue weighted by Gasteiger charge is -2.12. The molecule has 0 radical (unpaired) electrons. The van der Waals surface area contributed by atoms with Crippen molar-refractivity contribution in [3.05, 3.63) is 50.0 Å². The Morgan fingerprint density at radius 3 is 2.57 bits per heavy atom. The number of anilines is 1. The summed E-state index contributed by atoms with van der Waals surface area (Å²) in [5, 5.41) is 2.85. The van der Waals surface area contributed by atoms with Gasteiger partial charge in [0.2, 0.25) is 0 Å². The molecule has 0 saturated heterocycles. The largest absolute Gasteiger partial charge is 0.497 e. The van der Waals surface area contributed by atoms with Gasteiger partial charge in [0.05, 0.1) is 25.5 Å². The standard InChI is InChI=1S/C15H13BrINO3/c1-20-10-4-6-14(21-2)13(8-10)18-15(19)11-7-9(16)3-5-12(11)17/h3-8H,1-2H3,(H,18,19). The molecule has 0 spiro atoms. The topological polar surface area (TPSA) is 47.6 Å². The summed E-state index contributed by atoms with van der Waals surface area (Å²) in [6.45, 7) is 0. The minimum absolute atomic E-state index is 0.202. The molecular formula is C15H13BrINO3. The zero-order valence-corrected chi connectivity index (χ0v) is 15.2. The van der Waals surface area contributed by atoms with Crippen LogP contribution in [-0.4, -0.2) is 20.1 Å². The Labute approximate surface area is 145 Å². The summed E-state index contributed by atoms with van der Waals surface area (Å²) in [5.41, 5.74) is 1.16. The molecule has 0 unspecified atom stereocenters. The van der Waals surface area contributed by atoms with Crippen LogP contribution in [0.2, 0.25) is 0 Å². The number of hydrogen-bond donors (Lipinski definition) is 1. The lowest BCUT2D eigenvalue weighted by molar-refractivity contribution is 0.102. The van der Waals surface area contributed by atoms with E-state index in [0.29, 0.717) is 22.7 Å². The number of benzene rings is 2. The van der Waals surface area contributed by atoms with Crippen LogP contribution in [0.15, 0.2) is 40.9 Å². The molecule has 2 rings (SSSR count). The molecule has 0 atom stereocenters. The highest BCUT2D eigenvalue weighted by Gasteiger charge is 2.14. The van der Waals surface area contributed by atoms with E-state index < -0.39 is 0 Å². The first-order valence-corrected chi connectivity index (χ1v) is 7.90. The molecule has 1 amide bonds. The zero-order chi connectivity index (χ0) is 15.4. The van der Waals surface area contributed by atoms with E-state index in [1.165, 1.54) is 0 Å². The van der Waals surface area contributed by atoms with Crippen LogP contribution in [0.3, 0.4) is 0 Å². The van der Waals surface area contributed by atoms with Gasteiger partial charge in [-0.25, -0.2) is 0 Å². The van der Waals surface area contributed by atoms with Crippen molar-refractivity contribution in [3.63, 3.8) is 0 Å². The smallest absolute Gasteiger partial charge is 0.256 e. The molecule has 0 aliphatic rings. The zero-order valence-electron chi connectivity index (χ0n) is 11.4. The summed E-state index contributed by atoms with van der Waals surface area (Å²) >= 11 is 5.50. The maximum absolute atomic E-state index is 12.4. The van der Waals surface area contributed by atoms with Crippen molar-refractivity contribution in [2.45, 2.75) is 0 Å².